The first kappa shape index (κ1) is 8.08. The summed E-state index contributed by atoms with van der Waals surface area (Å²) in [6, 6.07) is 7.83. The lowest BCUT2D eigenvalue weighted by atomic mass is 10.1. The van der Waals surface area contributed by atoms with E-state index in [0.29, 0.717) is 0 Å². The maximum absolute atomic E-state index is 4.91. The van der Waals surface area contributed by atoms with Crippen LogP contribution in [-0.4, -0.2) is 6.21 Å². The van der Waals surface area contributed by atoms with Crippen LogP contribution in [-0.2, 0) is 4.39 Å². The Morgan fingerprint density at radius 3 is 2.82 bits per heavy atom. The SMILES string of the molecule is Cc1ccccc1C=NOCl. The van der Waals surface area contributed by atoms with E-state index in [-0.39, 0.29) is 0 Å². The molecule has 11 heavy (non-hydrogen) atoms. The van der Waals surface area contributed by atoms with Crippen molar-refractivity contribution in [3.05, 3.63) is 35.4 Å². The number of halogens is 1. The van der Waals surface area contributed by atoms with Crippen molar-refractivity contribution < 1.29 is 4.39 Å². The predicted molar refractivity (Wildman–Crippen MR) is 45.7 cm³/mol. The van der Waals surface area contributed by atoms with Gasteiger partial charge in [-0.25, -0.2) is 0 Å². The predicted octanol–water partition coefficient (Wildman–Crippen LogP) is 2.50. The molecule has 3 heteroatoms. The highest BCUT2D eigenvalue weighted by Gasteiger charge is 1.90. The largest absolute Gasteiger partial charge is 0.277 e. The van der Waals surface area contributed by atoms with E-state index in [1.165, 1.54) is 0 Å². The highest BCUT2D eigenvalue weighted by atomic mass is 35.5. The van der Waals surface area contributed by atoms with Crippen LogP contribution in [0, 0.1) is 6.92 Å². The second-order valence-corrected chi connectivity index (χ2v) is 2.30. The Hall–Kier alpha value is -1.02. The Labute approximate surface area is 70.6 Å². The molecule has 0 aliphatic heterocycles. The molecule has 0 saturated heterocycles. The normalized spacial score (nSPS) is 10.4. The van der Waals surface area contributed by atoms with E-state index < -0.39 is 0 Å². The van der Waals surface area contributed by atoms with Gasteiger partial charge < -0.3 is 0 Å². The van der Waals surface area contributed by atoms with E-state index in [1.807, 2.05) is 31.2 Å². The zero-order chi connectivity index (χ0) is 8.10. The summed E-state index contributed by atoms with van der Waals surface area (Å²) in [6.45, 7) is 2.00. The maximum Gasteiger partial charge on any atom is 0.167 e. The minimum atomic E-state index is 1.01. The average Bonchev–Trinajstić information content (AvgIpc) is 2.03. The molecule has 0 saturated carbocycles. The summed E-state index contributed by atoms with van der Waals surface area (Å²) >= 11 is 4.91. The third kappa shape index (κ3) is 2.24. The van der Waals surface area contributed by atoms with Gasteiger partial charge >= 0.3 is 0 Å². The van der Waals surface area contributed by atoms with Crippen LogP contribution in [0.15, 0.2) is 29.4 Å². The second-order valence-electron chi connectivity index (χ2n) is 2.16. The van der Waals surface area contributed by atoms with Crippen molar-refractivity contribution in [2.24, 2.45) is 5.16 Å². The van der Waals surface area contributed by atoms with Gasteiger partial charge in [0.2, 0.25) is 0 Å². The quantitative estimate of drug-likeness (QED) is 0.493. The minimum absolute atomic E-state index is 1.01. The zero-order valence-corrected chi connectivity index (χ0v) is 6.88. The van der Waals surface area contributed by atoms with Crippen LogP contribution in [0.4, 0.5) is 0 Å². The molecule has 0 aliphatic rings. The molecule has 0 unspecified atom stereocenters. The average molecular weight is 170 g/mol. The summed E-state index contributed by atoms with van der Waals surface area (Å²) < 4.78 is 4.04. The highest BCUT2D eigenvalue weighted by Crippen LogP contribution is 2.03. The lowest BCUT2D eigenvalue weighted by molar-refractivity contribution is 0.383. The van der Waals surface area contributed by atoms with Crippen molar-refractivity contribution in [1.82, 2.24) is 0 Å². The molecule has 0 radical (unpaired) electrons. The third-order valence-corrected chi connectivity index (χ3v) is 1.50. The first-order valence-electron chi connectivity index (χ1n) is 3.21. The third-order valence-electron chi connectivity index (χ3n) is 1.42. The van der Waals surface area contributed by atoms with E-state index in [4.69, 9.17) is 11.9 Å². The smallest absolute Gasteiger partial charge is 0.167 e. The van der Waals surface area contributed by atoms with Gasteiger partial charge in [0.05, 0.1) is 6.21 Å². The van der Waals surface area contributed by atoms with Gasteiger partial charge in [-0.2, -0.15) is 0 Å². The van der Waals surface area contributed by atoms with Crippen molar-refractivity contribution >= 4 is 18.1 Å². The molecule has 0 bridgehead atoms. The molecule has 1 aromatic carbocycles. The van der Waals surface area contributed by atoms with E-state index in [1.54, 1.807) is 6.21 Å². The minimum Gasteiger partial charge on any atom is -0.277 e. The Kier molecular flexibility index (Phi) is 2.93. The molecule has 0 N–H and O–H groups in total. The van der Waals surface area contributed by atoms with Crippen molar-refractivity contribution in [3.63, 3.8) is 0 Å². The summed E-state index contributed by atoms with van der Waals surface area (Å²) in [7, 11) is 0. The van der Waals surface area contributed by atoms with Crippen molar-refractivity contribution in [1.29, 1.82) is 0 Å². The van der Waals surface area contributed by atoms with Gasteiger partial charge in [0.1, 0.15) is 0 Å². The van der Waals surface area contributed by atoms with E-state index in [9.17, 15) is 0 Å². The van der Waals surface area contributed by atoms with Crippen LogP contribution < -0.4 is 0 Å². The van der Waals surface area contributed by atoms with Gasteiger partial charge in [-0.3, -0.25) is 4.39 Å². The Balaban J connectivity index is 2.86. The second kappa shape index (κ2) is 3.98. The zero-order valence-electron chi connectivity index (χ0n) is 6.12. The van der Waals surface area contributed by atoms with Crippen LogP contribution in [0.1, 0.15) is 11.1 Å². The molecule has 0 atom stereocenters. The van der Waals surface area contributed by atoms with Gasteiger partial charge in [0.15, 0.2) is 11.9 Å². The fourth-order valence-corrected chi connectivity index (χ4v) is 0.848. The number of oxime groups is 1. The highest BCUT2D eigenvalue weighted by molar-refractivity contribution is 6.07. The molecule has 0 aromatic heterocycles. The molecule has 58 valence electrons. The fraction of sp³-hybridized carbons (Fsp3) is 0.125. The molecule has 1 rings (SSSR count). The molecule has 0 heterocycles. The fourth-order valence-electron chi connectivity index (χ4n) is 0.808. The van der Waals surface area contributed by atoms with Crippen molar-refractivity contribution in [2.75, 3.05) is 0 Å². The Bertz CT molecular complexity index is 260. The summed E-state index contributed by atoms with van der Waals surface area (Å²) in [4.78, 5) is 0. The molecule has 0 amide bonds. The number of nitrogens with zero attached hydrogens (tertiary/aromatic N) is 1. The van der Waals surface area contributed by atoms with E-state index >= 15 is 0 Å². The molecular formula is C8H8ClNO. The first-order chi connectivity index (χ1) is 5.34. The van der Waals surface area contributed by atoms with Crippen molar-refractivity contribution in [2.45, 2.75) is 6.92 Å². The lowest BCUT2D eigenvalue weighted by Gasteiger charge is -1.95. The molecule has 0 spiro atoms. The number of rotatable bonds is 2. The van der Waals surface area contributed by atoms with Gasteiger partial charge in [-0.05, 0) is 18.1 Å². The summed E-state index contributed by atoms with van der Waals surface area (Å²) in [5.74, 6) is 0. The molecule has 2 nitrogen and oxygen atoms in total. The van der Waals surface area contributed by atoms with Crippen LogP contribution >= 0.6 is 11.9 Å². The topological polar surface area (TPSA) is 21.6 Å². The Morgan fingerprint density at radius 2 is 2.18 bits per heavy atom. The van der Waals surface area contributed by atoms with Crippen LogP contribution in [0.2, 0.25) is 0 Å². The van der Waals surface area contributed by atoms with Crippen molar-refractivity contribution in [3.8, 4) is 0 Å². The molecule has 1 aromatic rings. The number of hydrogen-bond donors (Lipinski definition) is 0. The van der Waals surface area contributed by atoms with E-state index in [2.05, 4.69) is 9.55 Å². The van der Waals surface area contributed by atoms with Crippen LogP contribution in [0.5, 0.6) is 0 Å². The summed E-state index contributed by atoms with van der Waals surface area (Å²) in [5.41, 5.74) is 2.15. The monoisotopic (exact) mass is 169 g/mol. The van der Waals surface area contributed by atoms with Gasteiger partial charge in [-0.1, -0.05) is 29.4 Å². The van der Waals surface area contributed by atoms with Gasteiger partial charge in [-0.15, -0.1) is 0 Å². The first-order valence-corrected chi connectivity index (χ1v) is 3.52. The lowest BCUT2D eigenvalue weighted by Crippen LogP contribution is -1.84. The number of aryl methyl sites for hydroxylation is 1. The van der Waals surface area contributed by atoms with Crippen LogP contribution in [0.3, 0.4) is 0 Å². The van der Waals surface area contributed by atoms with Gasteiger partial charge in [0, 0.05) is 0 Å². The Morgan fingerprint density at radius 1 is 1.45 bits per heavy atom. The molecule has 0 fully saturated rings. The van der Waals surface area contributed by atoms with E-state index in [0.717, 1.165) is 11.1 Å². The maximum atomic E-state index is 4.91. The molecular weight excluding hydrogens is 162 g/mol. The number of hydrogen-bond acceptors (Lipinski definition) is 2. The van der Waals surface area contributed by atoms with Gasteiger partial charge in [0.25, 0.3) is 0 Å². The standard InChI is InChI=1S/C8H8ClNO/c1-7-4-2-3-5-8(7)6-10-11-9/h2-6H,1H3. The summed E-state index contributed by atoms with van der Waals surface area (Å²) in [5, 5.41) is 3.44. The van der Waals surface area contributed by atoms with Crippen LogP contribution in [0.25, 0.3) is 0 Å². The summed E-state index contributed by atoms with van der Waals surface area (Å²) in [6.07, 6.45) is 1.57. The number of benzene rings is 1. The molecule has 0 aliphatic carbocycles.